The van der Waals surface area contributed by atoms with Gasteiger partial charge in [0, 0.05) is 4.47 Å². The molecule has 0 amide bonds. The van der Waals surface area contributed by atoms with Gasteiger partial charge >= 0.3 is 5.97 Å². The summed E-state index contributed by atoms with van der Waals surface area (Å²) in [4.78, 5) is 11.6. The highest BCUT2D eigenvalue weighted by molar-refractivity contribution is 9.10. The molecule has 1 rings (SSSR count). The number of hydrogen-bond acceptors (Lipinski definition) is 4. The monoisotopic (exact) mass is 335 g/mol. The van der Waals surface area contributed by atoms with Crippen LogP contribution in [0.1, 0.15) is 30.1 Å². The number of primary sulfonamides is 1. The van der Waals surface area contributed by atoms with E-state index in [2.05, 4.69) is 15.9 Å². The molecule has 18 heavy (non-hydrogen) atoms. The van der Waals surface area contributed by atoms with Crippen LogP contribution >= 0.6 is 15.9 Å². The standard InChI is InChI=1S/C11H14BrNO4S/c1-2-3-6-17-11(14)9-7-8(18(13,15)16)4-5-10(9)12/h4-5,7H,2-3,6H2,1H3,(H2,13,15,16). The highest BCUT2D eigenvalue weighted by Crippen LogP contribution is 2.21. The van der Waals surface area contributed by atoms with Crippen molar-refractivity contribution < 1.29 is 17.9 Å². The molecule has 0 heterocycles. The van der Waals surface area contributed by atoms with Gasteiger partial charge < -0.3 is 4.74 Å². The maximum absolute atomic E-state index is 11.7. The SMILES string of the molecule is CCCCOC(=O)c1cc(S(N)(=O)=O)ccc1Br. The summed E-state index contributed by atoms with van der Waals surface area (Å²) >= 11 is 3.17. The molecule has 0 unspecified atom stereocenters. The number of benzene rings is 1. The minimum absolute atomic E-state index is 0.117. The molecule has 0 aromatic heterocycles. The van der Waals surface area contributed by atoms with E-state index in [1.165, 1.54) is 18.2 Å². The summed E-state index contributed by atoms with van der Waals surface area (Å²) < 4.78 is 27.9. The lowest BCUT2D eigenvalue weighted by Gasteiger charge is -2.07. The van der Waals surface area contributed by atoms with E-state index in [0.717, 1.165) is 12.8 Å². The van der Waals surface area contributed by atoms with Crippen molar-refractivity contribution in [2.75, 3.05) is 6.61 Å². The number of rotatable bonds is 5. The maximum atomic E-state index is 11.7. The lowest BCUT2D eigenvalue weighted by atomic mass is 10.2. The fraction of sp³-hybridized carbons (Fsp3) is 0.364. The zero-order valence-corrected chi connectivity index (χ0v) is 12.3. The number of nitrogens with two attached hydrogens (primary N) is 1. The third kappa shape index (κ3) is 4.08. The van der Waals surface area contributed by atoms with Crippen molar-refractivity contribution in [2.45, 2.75) is 24.7 Å². The van der Waals surface area contributed by atoms with Crippen LogP contribution in [0.5, 0.6) is 0 Å². The molecule has 0 saturated heterocycles. The van der Waals surface area contributed by atoms with Gasteiger partial charge in [-0.1, -0.05) is 13.3 Å². The van der Waals surface area contributed by atoms with Gasteiger partial charge in [0.15, 0.2) is 0 Å². The number of carbonyl (C=O) groups is 1. The van der Waals surface area contributed by atoms with E-state index < -0.39 is 16.0 Å². The van der Waals surface area contributed by atoms with Crippen LogP contribution in [0.25, 0.3) is 0 Å². The van der Waals surface area contributed by atoms with E-state index in [1.54, 1.807) is 0 Å². The number of halogens is 1. The van der Waals surface area contributed by atoms with Crippen molar-refractivity contribution in [1.29, 1.82) is 0 Å². The number of esters is 1. The van der Waals surface area contributed by atoms with Crippen LogP contribution in [0.15, 0.2) is 27.6 Å². The van der Waals surface area contributed by atoms with Crippen LogP contribution < -0.4 is 5.14 Å². The number of hydrogen-bond donors (Lipinski definition) is 1. The highest BCUT2D eigenvalue weighted by atomic mass is 79.9. The molecule has 2 N–H and O–H groups in total. The molecule has 0 aliphatic carbocycles. The fourth-order valence-electron chi connectivity index (χ4n) is 1.22. The van der Waals surface area contributed by atoms with Crippen molar-refractivity contribution in [3.05, 3.63) is 28.2 Å². The van der Waals surface area contributed by atoms with Gasteiger partial charge in [-0.2, -0.15) is 0 Å². The van der Waals surface area contributed by atoms with E-state index in [0.29, 0.717) is 11.1 Å². The minimum Gasteiger partial charge on any atom is -0.462 e. The molecule has 0 spiro atoms. The molecule has 0 bridgehead atoms. The van der Waals surface area contributed by atoms with Gasteiger partial charge in [-0.25, -0.2) is 18.4 Å². The number of unbranched alkanes of at least 4 members (excludes halogenated alkanes) is 1. The van der Waals surface area contributed by atoms with Gasteiger partial charge in [-0.15, -0.1) is 0 Å². The van der Waals surface area contributed by atoms with Crippen molar-refractivity contribution in [2.24, 2.45) is 5.14 Å². The van der Waals surface area contributed by atoms with Crippen LogP contribution in [-0.4, -0.2) is 21.0 Å². The molecular weight excluding hydrogens is 322 g/mol. The molecule has 0 aliphatic rings. The van der Waals surface area contributed by atoms with Gasteiger partial charge in [-0.05, 0) is 40.5 Å². The fourth-order valence-corrected chi connectivity index (χ4v) is 2.17. The Kier molecular flexibility index (Phi) is 5.30. The Labute approximate surface area is 114 Å². The van der Waals surface area contributed by atoms with E-state index in [9.17, 15) is 13.2 Å². The van der Waals surface area contributed by atoms with Gasteiger partial charge in [0.05, 0.1) is 17.1 Å². The first-order valence-electron chi connectivity index (χ1n) is 5.35. The molecule has 7 heteroatoms. The lowest BCUT2D eigenvalue weighted by Crippen LogP contribution is -2.14. The number of ether oxygens (including phenoxy) is 1. The second-order valence-corrected chi connectivity index (χ2v) is 6.09. The van der Waals surface area contributed by atoms with E-state index in [1.807, 2.05) is 6.92 Å². The van der Waals surface area contributed by atoms with Crippen molar-refractivity contribution in [3.8, 4) is 0 Å². The largest absolute Gasteiger partial charge is 0.462 e. The molecule has 100 valence electrons. The zero-order valence-electron chi connectivity index (χ0n) is 9.85. The average Bonchev–Trinajstić information content (AvgIpc) is 2.28. The summed E-state index contributed by atoms with van der Waals surface area (Å²) in [6.07, 6.45) is 1.67. The maximum Gasteiger partial charge on any atom is 0.339 e. The molecule has 0 atom stereocenters. The van der Waals surface area contributed by atoms with E-state index in [4.69, 9.17) is 9.88 Å². The van der Waals surface area contributed by atoms with Crippen LogP contribution in [0.2, 0.25) is 0 Å². The van der Waals surface area contributed by atoms with Crippen molar-refractivity contribution in [1.82, 2.24) is 0 Å². The lowest BCUT2D eigenvalue weighted by molar-refractivity contribution is 0.0498. The second kappa shape index (κ2) is 6.31. The third-order valence-electron chi connectivity index (χ3n) is 2.22. The van der Waals surface area contributed by atoms with E-state index in [-0.39, 0.29) is 10.5 Å². The Hall–Kier alpha value is -0.920. The van der Waals surface area contributed by atoms with Crippen LogP contribution in [0.3, 0.4) is 0 Å². The zero-order chi connectivity index (χ0) is 13.8. The molecule has 5 nitrogen and oxygen atoms in total. The van der Waals surface area contributed by atoms with Gasteiger partial charge in [0.2, 0.25) is 10.0 Å². The average molecular weight is 336 g/mol. The number of sulfonamides is 1. The second-order valence-electron chi connectivity index (χ2n) is 3.68. The summed E-state index contributed by atoms with van der Waals surface area (Å²) in [5, 5.41) is 5.00. The molecule has 0 radical (unpaired) electrons. The summed E-state index contributed by atoms with van der Waals surface area (Å²) in [6.45, 7) is 2.28. The summed E-state index contributed by atoms with van der Waals surface area (Å²) in [6, 6.07) is 3.98. The first kappa shape index (κ1) is 15.1. The topological polar surface area (TPSA) is 86.5 Å². The summed E-state index contributed by atoms with van der Waals surface area (Å²) in [7, 11) is -3.83. The summed E-state index contributed by atoms with van der Waals surface area (Å²) in [5.41, 5.74) is 0.151. The molecule has 0 aliphatic heterocycles. The Bertz CT molecular complexity index is 542. The number of carbonyl (C=O) groups excluding carboxylic acids is 1. The van der Waals surface area contributed by atoms with Crippen LogP contribution in [0, 0.1) is 0 Å². The first-order valence-corrected chi connectivity index (χ1v) is 7.69. The Morgan fingerprint density at radius 3 is 2.67 bits per heavy atom. The molecule has 0 fully saturated rings. The Morgan fingerprint density at radius 1 is 1.44 bits per heavy atom. The molecule has 1 aromatic carbocycles. The minimum atomic E-state index is -3.83. The first-order chi connectivity index (χ1) is 8.36. The third-order valence-corrected chi connectivity index (χ3v) is 3.82. The molecule has 0 saturated carbocycles. The predicted molar refractivity (Wildman–Crippen MR) is 70.7 cm³/mol. The Morgan fingerprint density at radius 2 is 2.11 bits per heavy atom. The predicted octanol–water partition coefficient (Wildman–Crippen LogP) is 2.05. The normalized spacial score (nSPS) is 11.3. The van der Waals surface area contributed by atoms with Gasteiger partial charge in [0.1, 0.15) is 0 Å². The molecule has 1 aromatic rings. The quantitative estimate of drug-likeness (QED) is 0.659. The van der Waals surface area contributed by atoms with Gasteiger partial charge in [-0.3, -0.25) is 0 Å². The van der Waals surface area contributed by atoms with Crippen molar-refractivity contribution >= 4 is 31.9 Å². The van der Waals surface area contributed by atoms with E-state index >= 15 is 0 Å². The van der Waals surface area contributed by atoms with Gasteiger partial charge in [0.25, 0.3) is 0 Å². The smallest absolute Gasteiger partial charge is 0.339 e. The summed E-state index contributed by atoms with van der Waals surface area (Å²) in [5.74, 6) is -0.569. The molecular formula is C11H14BrNO4S. The van der Waals surface area contributed by atoms with Crippen molar-refractivity contribution in [3.63, 3.8) is 0 Å². The van der Waals surface area contributed by atoms with Crippen LogP contribution in [0.4, 0.5) is 0 Å². The highest BCUT2D eigenvalue weighted by Gasteiger charge is 2.16. The van der Waals surface area contributed by atoms with Crippen LogP contribution in [-0.2, 0) is 14.8 Å². The Balaban J connectivity index is 2.97.